The van der Waals surface area contributed by atoms with Crippen LogP contribution in [0.25, 0.3) is 0 Å². The van der Waals surface area contributed by atoms with Crippen LogP contribution in [0.2, 0.25) is 0 Å². The summed E-state index contributed by atoms with van der Waals surface area (Å²) < 4.78 is 38.6. The average molecular weight is 392 g/mol. The predicted molar refractivity (Wildman–Crippen MR) is 106 cm³/mol. The molecule has 0 radical (unpaired) electrons. The molecule has 0 bridgehead atoms. The van der Waals surface area contributed by atoms with Gasteiger partial charge in [0.25, 0.3) is 0 Å². The maximum absolute atomic E-state index is 13.5. The number of hydrogen-bond donors (Lipinski definition) is 1. The van der Waals surface area contributed by atoms with E-state index in [0.29, 0.717) is 6.42 Å². The van der Waals surface area contributed by atoms with Crippen molar-refractivity contribution in [3.63, 3.8) is 0 Å². The SMILES string of the molecule is CC[C@@H](NC(=O)CN(c1cccc(F)c1)S(C)(=O)=O)c1ccc(C)c(C)c1. The average Bonchev–Trinajstić information content (AvgIpc) is 2.59. The smallest absolute Gasteiger partial charge is 0.241 e. The fraction of sp³-hybridized carbons (Fsp3) is 0.350. The number of nitrogens with one attached hydrogen (secondary N) is 1. The summed E-state index contributed by atoms with van der Waals surface area (Å²) in [6, 6.07) is 10.9. The first-order valence-corrected chi connectivity index (χ1v) is 10.6. The predicted octanol–water partition coefficient (Wildman–Crippen LogP) is 3.48. The zero-order chi connectivity index (χ0) is 20.2. The van der Waals surface area contributed by atoms with E-state index < -0.39 is 28.3 Å². The molecule has 146 valence electrons. The highest BCUT2D eigenvalue weighted by Gasteiger charge is 2.23. The summed E-state index contributed by atoms with van der Waals surface area (Å²) in [5.41, 5.74) is 3.37. The van der Waals surface area contributed by atoms with Crippen molar-refractivity contribution in [3.05, 3.63) is 65.0 Å². The Kier molecular flexibility index (Phi) is 6.59. The lowest BCUT2D eigenvalue weighted by molar-refractivity contribution is -0.120. The highest BCUT2D eigenvalue weighted by molar-refractivity contribution is 7.92. The molecule has 0 aromatic heterocycles. The molecular formula is C20H25FN2O3S. The van der Waals surface area contributed by atoms with E-state index in [1.54, 1.807) is 0 Å². The van der Waals surface area contributed by atoms with Gasteiger partial charge < -0.3 is 5.32 Å². The van der Waals surface area contributed by atoms with Crippen LogP contribution >= 0.6 is 0 Å². The summed E-state index contributed by atoms with van der Waals surface area (Å²) in [6.45, 7) is 5.55. The van der Waals surface area contributed by atoms with Gasteiger partial charge in [-0.3, -0.25) is 9.10 Å². The molecule has 0 saturated carbocycles. The minimum absolute atomic E-state index is 0.117. The molecule has 1 N–H and O–H groups in total. The van der Waals surface area contributed by atoms with Crippen molar-refractivity contribution in [1.29, 1.82) is 0 Å². The van der Waals surface area contributed by atoms with Gasteiger partial charge in [-0.25, -0.2) is 12.8 Å². The minimum atomic E-state index is -3.74. The van der Waals surface area contributed by atoms with Gasteiger partial charge in [0.2, 0.25) is 15.9 Å². The lowest BCUT2D eigenvalue weighted by Gasteiger charge is -2.24. The van der Waals surface area contributed by atoms with Crippen LogP contribution < -0.4 is 9.62 Å². The number of halogens is 1. The van der Waals surface area contributed by atoms with Crippen LogP contribution in [-0.2, 0) is 14.8 Å². The Morgan fingerprint density at radius 1 is 1.15 bits per heavy atom. The third-order valence-electron chi connectivity index (χ3n) is 4.46. The van der Waals surface area contributed by atoms with Crippen molar-refractivity contribution in [3.8, 4) is 0 Å². The van der Waals surface area contributed by atoms with Gasteiger partial charge >= 0.3 is 0 Å². The second-order valence-electron chi connectivity index (χ2n) is 6.62. The molecular weight excluding hydrogens is 367 g/mol. The van der Waals surface area contributed by atoms with E-state index in [-0.39, 0.29) is 11.7 Å². The fourth-order valence-electron chi connectivity index (χ4n) is 2.80. The molecule has 0 saturated heterocycles. The summed E-state index contributed by atoms with van der Waals surface area (Å²) in [4.78, 5) is 12.5. The van der Waals surface area contributed by atoms with Crippen molar-refractivity contribution >= 4 is 21.6 Å². The Balaban J connectivity index is 2.20. The number of carbonyl (C=O) groups is 1. The second-order valence-corrected chi connectivity index (χ2v) is 8.53. The Hall–Kier alpha value is -2.41. The molecule has 0 aliphatic heterocycles. The number of nitrogens with zero attached hydrogens (tertiary/aromatic N) is 1. The van der Waals surface area contributed by atoms with Crippen LogP contribution in [0.1, 0.15) is 36.1 Å². The number of hydrogen-bond acceptors (Lipinski definition) is 3. The molecule has 2 aromatic rings. The number of amides is 1. The van der Waals surface area contributed by atoms with Gasteiger partial charge in [0.1, 0.15) is 12.4 Å². The van der Waals surface area contributed by atoms with E-state index in [1.165, 1.54) is 18.2 Å². The molecule has 2 aromatic carbocycles. The van der Waals surface area contributed by atoms with Gasteiger partial charge in [-0.1, -0.05) is 31.2 Å². The summed E-state index contributed by atoms with van der Waals surface area (Å²) in [5, 5.41) is 2.88. The van der Waals surface area contributed by atoms with Crippen molar-refractivity contribution in [2.24, 2.45) is 0 Å². The summed E-state index contributed by atoms with van der Waals surface area (Å²) in [6.07, 6.45) is 1.65. The minimum Gasteiger partial charge on any atom is -0.348 e. The van der Waals surface area contributed by atoms with E-state index in [0.717, 1.165) is 33.3 Å². The van der Waals surface area contributed by atoms with Crippen LogP contribution in [-0.4, -0.2) is 27.1 Å². The number of rotatable bonds is 7. The first-order chi connectivity index (χ1) is 12.6. The molecule has 0 fully saturated rings. The molecule has 7 heteroatoms. The third kappa shape index (κ3) is 5.53. The van der Waals surface area contributed by atoms with E-state index in [2.05, 4.69) is 5.32 Å². The number of anilines is 1. The normalized spacial score (nSPS) is 12.5. The topological polar surface area (TPSA) is 66.5 Å². The lowest BCUT2D eigenvalue weighted by atomic mass is 9.99. The number of carbonyl (C=O) groups excluding carboxylic acids is 1. The van der Waals surface area contributed by atoms with Crippen LogP contribution in [0.5, 0.6) is 0 Å². The van der Waals surface area contributed by atoms with Crippen molar-refractivity contribution in [1.82, 2.24) is 5.32 Å². The molecule has 1 atom stereocenters. The van der Waals surface area contributed by atoms with Gasteiger partial charge in [0.05, 0.1) is 18.0 Å². The lowest BCUT2D eigenvalue weighted by Crippen LogP contribution is -2.41. The molecule has 0 spiro atoms. The molecule has 0 aliphatic rings. The van der Waals surface area contributed by atoms with E-state index in [9.17, 15) is 17.6 Å². The van der Waals surface area contributed by atoms with Crippen LogP contribution in [0.3, 0.4) is 0 Å². The standard InChI is InChI=1S/C20H25FN2O3S/c1-5-19(16-10-9-14(2)15(3)11-16)22-20(24)13-23(27(4,25)26)18-8-6-7-17(21)12-18/h6-12,19H,5,13H2,1-4H3,(H,22,24)/t19-/m1/s1. The van der Waals surface area contributed by atoms with Gasteiger partial charge in [0, 0.05) is 0 Å². The van der Waals surface area contributed by atoms with Crippen LogP contribution in [0.4, 0.5) is 10.1 Å². The molecule has 5 nitrogen and oxygen atoms in total. The number of benzene rings is 2. The quantitative estimate of drug-likeness (QED) is 0.785. The molecule has 0 aliphatic carbocycles. The van der Waals surface area contributed by atoms with Gasteiger partial charge in [-0.15, -0.1) is 0 Å². The number of aryl methyl sites for hydroxylation is 2. The highest BCUT2D eigenvalue weighted by Crippen LogP contribution is 2.21. The van der Waals surface area contributed by atoms with E-state index in [1.807, 2.05) is 39.0 Å². The van der Waals surface area contributed by atoms with Crippen molar-refractivity contribution in [2.45, 2.75) is 33.2 Å². The Bertz CT molecular complexity index is 929. The zero-order valence-electron chi connectivity index (χ0n) is 16.0. The second kappa shape index (κ2) is 8.52. The van der Waals surface area contributed by atoms with Crippen LogP contribution in [0.15, 0.2) is 42.5 Å². The van der Waals surface area contributed by atoms with E-state index in [4.69, 9.17) is 0 Å². The van der Waals surface area contributed by atoms with Crippen molar-refractivity contribution < 1.29 is 17.6 Å². The van der Waals surface area contributed by atoms with Gasteiger partial charge in [-0.05, 0) is 55.2 Å². The van der Waals surface area contributed by atoms with Crippen LogP contribution in [0, 0.1) is 19.7 Å². The Morgan fingerprint density at radius 3 is 2.41 bits per heavy atom. The molecule has 0 heterocycles. The summed E-state index contributed by atoms with van der Waals surface area (Å²) in [7, 11) is -3.74. The Morgan fingerprint density at radius 2 is 1.85 bits per heavy atom. The molecule has 27 heavy (non-hydrogen) atoms. The molecule has 0 unspecified atom stereocenters. The monoisotopic (exact) mass is 392 g/mol. The highest BCUT2D eigenvalue weighted by atomic mass is 32.2. The van der Waals surface area contributed by atoms with Crippen molar-refractivity contribution in [2.75, 3.05) is 17.1 Å². The number of sulfonamides is 1. The third-order valence-corrected chi connectivity index (χ3v) is 5.60. The summed E-state index contributed by atoms with van der Waals surface area (Å²) in [5.74, 6) is -1.02. The summed E-state index contributed by atoms with van der Waals surface area (Å²) >= 11 is 0. The first-order valence-electron chi connectivity index (χ1n) is 8.71. The fourth-order valence-corrected chi connectivity index (χ4v) is 3.65. The zero-order valence-corrected chi connectivity index (χ0v) is 16.8. The maximum atomic E-state index is 13.5. The van der Waals surface area contributed by atoms with Gasteiger partial charge in [-0.2, -0.15) is 0 Å². The molecule has 1 amide bonds. The molecule has 2 rings (SSSR count). The first kappa shape index (κ1) is 20.9. The maximum Gasteiger partial charge on any atom is 0.241 e. The Labute approximate surface area is 160 Å². The van der Waals surface area contributed by atoms with Gasteiger partial charge in [0.15, 0.2) is 0 Å². The largest absolute Gasteiger partial charge is 0.348 e. The van der Waals surface area contributed by atoms with E-state index >= 15 is 0 Å².